The molecule has 6 radical (unpaired) electrons. The summed E-state index contributed by atoms with van der Waals surface area (Å²) in [7, 11) is 18.4. The number of carbonyl (C=O) groups excluding carboxylic acids is 1. The molecule has 3 aromatic rings. The van der Waals surface area contributed by atoms with Crippen LogP contribution in [0.15, 0.2) is 35.1 Å². The van der Waals surface area contributed by atoms with Crippen molar-refractivity contribution in [2.75, 3.05) is 6.61 Å². The Labute approximate surface area is 158 Å². The molecule has 1 aliphatic heterocycles. The molecule has 0 unspecified atom stereocenters. The van der Waals surface area contributed by atoms with E-state index in [9.17, 15) is 4.79 Å². The van der Waals surface area contributed by atoms with Crippen LogP contribution < -0.4 is 10.1 Å². The Kier molecular flexibility index (Phi) is 4.09. The van der Waals surface area contributed by atoms with Gasteiger partial charge in [-0.15, -0.1) is 0 Å². The van der Waals surface area contributed by atoms with Gasteiger partial charge in [0.2, 0.25) is 0 Å². The molecule has 8 nitrogen and oxygen atoms in total. The first-order valence-electron chi connectivity index (χ1n) is 8.09. The first kappa shape index (κ1) is 17.4. The maximum absolute atomic E-state index is 12.3. The van der Waals surface area contributed by atoms with Crippen LogP contribution in [0.2, 0.25) is 0 Å². The van der Waals surface area contributed by atoms with Gasteiger partial charge < -0.3 is 14.6 Å². The molecule has 2 aromatic heterocycles. The van der Waals surface area contributed by atoms with E-state index in [1.165, 1.54) is 6.20 Å². The molecule has 0 bridgehead atoms. The fourth-order valence-corrected chi connectivity index (χ4v) is 2.76. The molecule has 0 saturated carbocycles. The third-order valence-corrected chi connectivity index (χ3v) is 4.13. The predicted molar refractivity (Wildman–Crippen MR) is 97.6 cm³/mol. The summed E-state index contributed by atoms with van der Waals surface area (Å²) in [5, 5.41) is 8.92. The van der Waals surface area contributed by atoms with E-state index in [0.717, 1.165) is 5.56 Å². The molecule has 0 fully saturated rings. The van der Waals surface area contributed by atoms with Gasteiger partial charge in [0.1, 0.15) is 12.4 Å². The molecule has 4 rings (SSSR count). The highest BCUT2D eigenvalue weighted by molar-refractivity contribution is 6.58. The Balaban J connectivity index is 1.54. The van der Waals surface area contributed by atoms with Crippen molar-refractivity contribution in [3.63, 3.8) is 0 Å². The molecule has 1 aromatic carbocycles. The van der Waals surface area contributed by atoms with Crippen LogP contribution in [0.4, 0.5) is 0 Å². The molecule has 1 amide bonds. The molecule has 3 heterocycles. The van der Waals surface area contributed by atoms with Crippen LogP contribution >= 0.6 is 0 Å². The molecule has 0 saturated heterocycles. The smallest absolute Gasteiger partial charge is 0.257 e. The van der Waals surface area contributed by atoms with E-state index in [2.05, 4.69) is 20.6 Å². The number of nitrogens with one attached hydrogen (secondary N) is 1. The number of aryl methyl sites for hydroxylation is 1. The topological polar surface area (TPSA) is 95.1 Å². The number of carbonyl (C=O) groups is 1. The van der Waals surface area contributed by atoms with Crippen LogP contribution in [0.25, 0.3) is 11.5 Å². The number of benzene rings is 1. The van der Waals surface area contributed by atoms with Crippen LogP contribution in [-0.2, 0) is 12.2 Å². The molecule has 0 aliphatic carbocycles. The monoisotopic (exact) mass is 355 g/mol. The Morgan fingerprint density at radius 2 is 2.19 bits per heavy atom. The summed E-state index contributed by atoms with van der Waals surface area (Å²) in [6.07, 6.45) is 3.16. The van der Waals surface area contributed by atoms with Crippen LogP contribution in [-0.4, -0.2) is 56.0 Å². The quantitative estimate of drug-likeness (QED) is 0.660. The molecular formula is C16H12B3N5O3. The first-order valence-corrected chi connectivity index (χ1v) is 8.09. The van der Waals surface area contributed by atoms with Gasteiger partial charge in [0.05, 0.1) is 41.3 Å². The summed E-state index contributed by atoms with van der Waals surface area (Å²) >= 11 is 0. The van der Waals surface area contributed by atoms with Gasteiger partial charge in [0, 0.05) is 24.4 Å². The Bertz CT molecular complexity index is 1010. The van der Waals surface area contributed by atoms with Crippen LogP contribution in [0.3, 0.4) is 0 Å². The van der Waals surface area contributed by atoms with Crippen LogP contribution in [0.1, 0.15) is 27.8 Å². The van der Waals surface area contributed by atoms with Crippen molar-refractivity contribution < 1.29 is 14.1 Å². The first-order chi connectivity index (χ1) is 12.8. The van der Waals surface area contributed by atoms with Crippen molar-refractivity contribution in [2.24, 2.45) is 7.05 Å². The van der Waals surface area contributed by atoms with Crippen molar-refractivity contribution in [3.05, 3.63) is 47.5 Å². The van der Waals surface area contributed by atoms with Gasteiger partial charge in [-0.05, 0) is 12.1 Å². The fraction of sp³-hybridized carbons (Fsp3) is 0.250. The Hall–Kier alpha value is -2.97. The van der Waals surface area contributed by atoms with E-state index < -0.39 is 5.11 Å². The van der Waals surface area contributed by atoms with Gasteiger partial charge in [0.15, 0.2) is 5.82 Å². The lowest BCUT2D eigenvalue weighted by atomic mass is 9.42. The molecule has 27 heavy (non-hydrogen) atoms. The number of amides is 1. The highest BCUT2D eigenvalue weighted by Gasteiger charge is 2.28. The van der Waals surface area contributed by atoms with Gasteiger partial charge in [-0.3, -0.25) is 9.48 Å². The lowest BCUT2D eigenvalue weighted by Crippen LogP contribution is -2.29. The molecule has 11 heteroatoms. The summed E-state index contributed by atoms with van der Waals surface area (Å²) < 4.78 is 12.4. The SMILES string of the molecule is [B]C([B])([B])c1noc(-c2ccc3c(c2)OC[C@H]3NC(=O)c2cnn(C)c2)n1. The number of hydrogen-bond acceptors (Lipinski definition) is 6. The van der Waals surface area contributed by atoms with Crippen LogP contribution in [0.5, 0.6) is 5.75 Å². The summed E-state index contributed by atoms with van der Waals surface area (Å²) in [5.74, 6) is 0.592. The standard InChI is InChI=1S/C16H12B3N5O3/c1-24-6-9(5-20-24)13(25)21-11-7-26-12-4-8(2-3-10(11)12)14-22-15(23-27-14)16(17,18)19/h2-6,11H,7H2,1H3,(H,21,25)/t11-/m1/s1. The van der Waals surface area contributed by atoms with Crippen LogP contribution in [0, 0.1) is 0 Å². The average molecular weight is 355 g/mol. The van der Waals surface area contributed by atoms with E-state index in [1.54, 1.807) is 30.1 Å². The van der Waals surface area contributed by atoms with E-state index in [-0.39, 0.29) is 23.7 Å². The normalized spacial score (nSPS) is 16.0. The van der Waals surface area contributed by atoms with Crippen molar-refractivity contribution >= 4 is 29.4 Å². The van der Waals surface area contributed by atoms with E-state index in [4.69, 9.17) is 32.8 Å². The molecule has 1 atom stereocenters. The van der Waals surface area contributed by atoms with Gasteiger partial charge >= 0.3 is 0 Å². The highest BCUT2D eigenvalue weighted by Crippen LogP contribution is 2.35. The van der Waals surface area contributed by atoms with E-state index in [0.29, 0.717) is 23.5 Å². The highest BCUT2D eigenvalue weighted by atomic mass is 16.5. The number of hydrogen-bond donors (Lipinski definition) is 1. The zero-order chi connectivity index (χ0) is 19.2. The van der Waals surface area contributed by atoms with Crippen molar-refractivity contribution in [3.8, 4) is 17.2 Å². The summed E-state index contributed by atoms with van der Waals surface area (Å²) in [6, 6.07) is 5.08. The molecule has 1 aliphatic rings. The van der Waals surface area contributed by atoms with Crippen molar-refractivity contribution in [2.45, 2.75) is 11.2 Å². The van der Waals surface area contributed by atoms with Gasteiger partial charge in [0.25, 0.3) is 11.8 Å². The number of ether oxygens (including phenoxy) is 1. The largest absolute Gasteiger partial charge is 0.491 e. The zero-order valence-electron chi connectivity index (χ0n) is 14.4. The predicted octanol–water partition coefficient (Wildman–Crippen LogP) is -0.0506. The lowest BCUT2D eigenvalue weighted by molar-refractivity contribution is 0.0930. The van der Waals surface area contributed by atoms with Gasteiger partial charge in [-0.2, -0.15) is 10.1 Å². The minimum atomic E-state index is -1.68. The van der Waals surface area contributed by atoms with Gasteiger partial charge in [-0.25, -0.2) is 0 Å². The second-order valence-corrected chi connectivity index (χ2v) is 6.35. The number of rotatable bonds is 4. The average Bonchev–Trinajstić information content (AvgIpc) is 3.33. The fourth-order valence-electron chi connectivity index (χ4n) is 2.76. The lowest BCUT2D eigenvalue weighted by Gasteiger charge is -2.12. The summed E-state index contributed by atoms with van der Waals surface area (Å²) in [6.45, 7) is 0.317. The summed E-state index contributed by atoms with van der Waals surface area (Å²) in [4.78, 5) is 16.4. The number of fused-ring (bicyclic) bond motifs is 1. The van der Waals surface area contributed by atoms with Crippen molar-refractivity contribution in [1.82, 2.24) is 25.2 Å². The Morgan fingerprint density at radius 3 is 2.85 bits per heavy atom. The maximum atomic E-state index is 12.3. The minimum absolute atomic E-state index is 0.0134. The second kappa shape index (κ2) is 6.33. The van der Waals surface area contributed by atoms with Crippen molar-refractivity contribution in [1.29, 1.82) is 0 Å². The van der Waals surface area contributed by atoms with E-state index in [1.807, 2.05) is 6.07 Å². The molecule has 128 valence electrons. The molecule has 0 spiro atoms. The number of aromatic nitrogens is 4. The van der Waals surface area contributed by atoms with Gasteiger partial charge in [-0.1, -0.05) is 16.3 Å². The van der Waals surface area contributed by atoms with E-state index >= 15 is 0 Å². The third-order valence-electron chi connectivity index (χ3n) is 4.13. The summed E-state index contributed by atoms with van der Waals surface area (Å²) in [5.41, 5.74) is 1.95. The Morgan fingerprint density at radius 1 is 1.37 bits per heavy atom. The maximum Gasteiger partial charge on any atom is 0.257 e. The molecular weight excluding hydrogens is 343 g/mol. The number of nitrogens with zero attached hydrogens (tertiary/aromatic N) is 4. The zero-order valence-corrected chi connectivity index (χ0v) is 14.4. The second-order valence-electron chi connectivity index (χ2n) is 6.35. The third kappa shape index (κ3) is 3.37. The minimum Gasteiger partial charge on any atom is -0.491 e. The molecule has 1 N–H and O–H groups in total.